The van der Waals surface area contributed by atoms with Gasteiger partial charge in [0.15, 0.2) is 5.65 Å². The summed E-state index contributed by atoms with van der Waals surface area (Å²) in [5.41, 5.74) is 1.59. The Kier molecular flexibility index (Phi) is 7.13. The largest absolute Gasteiger partial charge is 0.470 e. The smallest absolute Gasteiger partial charge is 0.410 e. The SMILES string of the molecule is COC(=O)N1CC(Oc2ncccc2-c2cnn3ccc(NCCN(C)C(=O)OC(C)(C)C)nc23)C1. The summed E-state index contributed by atoms with van der Waals surface area (Å²) in [6.07, 6.45) is 4.25. The highest BCUT2D eigenvalue weighted by Gasteiger charge is 2.34. The van der Waals surface area contributed by atoms with Crippen LogP contribution >= 0.6 is 0 Å². The summed E-state index contributed by atoms with van der Waals surface area (Å²) < 4.78 is 17.8. The minimum Gasteiger partial charge on any atom is -0.470 e. The predicted molar refractivity (Wildman–Crippen MR) is 132 cm³/mol. The maximum Gasteiger partial charge on any atom is 0.410 e. The fourth-order valence-electron chi connectivity index (χ4n) is 3.58. The molecule has 192 valence electrons. The number of aromatic nitrogens is 4. The molecule has 4 heterocycles. The van der Waals surface area contributed by atoms with E-state index in [1.54, 1.807) is 28.9 Å². The molecule has 0 aromatic carbocycles. The Morgan fingerprint density at radius 3 is 2.72 bits per heavy atom. The molecule has 3 aromatic rings. The van der Waals surface area contributed by atoms with Gasteiger partial charge in [0.1, 0.15) is 17.5 Å². The van der Waals surface area contributed by atoms with Gasteiger partial charge in [-0.25, -0.2) is 24.1 Å². The molecule has 36 heavy (non-hydrogen) atoms. The van der Waals surface area contributed by atoms with Crippen LogP contribution in [0, 0.1) is 0 Å². The van der Waals surface area contributed by atoms with Gasteiger partial charge in [-0.2, -0.15) is 5.10 Å². The zero-order valence-electron chi connectivity index (χ0n) is 21.1. The predicted octanol–water partition coefficient (Wildman–Crippen LogP) is 2.90. The number of carbonyl (C=O) groups excluding carboxylic acids is 2. The number of pyridine rings is 1. The molecule has 1 aliphatic heterocycles. The van der Waals surface area contributed by atoms with Gasteiger partial charge in [0.2, 0.25) is 5.88 Å². The number of hydrogen-bond acceptors (Lipinski definition) is 9. The lowest BCUT2D eigenvalue weighted by Gasteiger charge is -2.37. The third-order valence-corrected chi connectivity index (χ3v) is 5.45. The molecule has 4 rings (SSSR count). The Morgan fingerprint density at radius 2 is 2.00 bits per heavy atom. The Labute approximate surface area is 209 Å². The number of hydrogen-bond donors (Lipinski definition) is 1. The summed E-state index contributed by atoms with van der Waals surface area (Å²) in [5.74, 6) is 1.09. The molecule has 0 saturated carbocycles. The van der Waals surface area contributed by atoms with Crippen molar-refractivity contribution in [3.63, 3.8) is 0 Å². The molecule has 3 aromatic heterocycles. The van der Waals surface area contributed by atoms with Gasteiger partial charge >= 0.3 is 12.2 Å². The van der Waals surface area contributed by atoms with Crippen molar-refractivity contribution in [1.29, 1.82) is 0 Å². The molecule has 1 fully saturated rings. The van der Waals surface area contributed by atoms with Crippen LogP contribution in [-0.2, 0) is 9.47 Å². The highest BCUT2D eigenvalue weighted by Crippen LogP contribution is 2.32. The van der Waals surface area contributed by atoms with Gasteiger partial charge in [-0.3, -0.25) is 0 Å². The first-order valence-corrected chi connectivity index (χ1v) is 11.6. The maximum absolute atomic E-state index is 12.1. The standard InChI is InChI=1S/C24H31N7O5/c1-24(2,3)36-22(32)29(4)12-10-25-19-8-11-31-20(28-19)18(13-27-31)17-7-6-9-26-21(17)35-16-14-30(15-16)23(33)34-5/h6-9,11,13,16H,10,12,14-15H2,1-5H3,(H,25,28). The third kappa shape index (κ3) is 5.75. The van der Waals surface area contributed by atoms with Crippen LogP contribution in [0.25, 0.3) is 16.8 Å². The second kappa shape index (κ2) is 10.3. The average molecular weight is 498 g/mol. The third-order valence-electron chi connectivity index (χ3n) is 5.45. The first-order chi connectivity index (χ1) is 17.1. The molecule has 1 N–H and O–H groups in total. The van der Waals surface area contributed by atoms with Gasteiger partial charge in [-0.1, -0.05) is 0 Å². The number of ether oxygens (including phenoxy) is 3. The van der Waals surface area contributed by atoms with E-state index in [-0.39, 0.29) is 18.3 Å². The van der Waals surface area contributed by atoms with E-state index in [1.807, 2.05) is 45.2 Å². The second-order valence-corrected chi connectivity index (χ2v) is 9.44. The molecule has 12 nitrogen and oxygen atoms in total. The van der Waals surface area contributed by atoms with Gasteiger partial charge < -0.3 is 29.3 Å². The van der Waals surface area contributed by atoms with Gasteiger partial charge in [0, 0.05) is 38.1 Å². The number of likely N-dealkylation sites (tertiary alicyclic amines) is 1. The van der Waals surface area contributed by atoms with Gasteiger partial charge in [0.25, 0.3) is 0 Å². The number of methoxy groups -OCH3 is 1. The van der Waals surface area contributed by atoms with E-state index >= 15 is 0 Å². The molecule has 0 spiro atoms. The van der Waals surface area contributed by atoms with Crippen molar-refractivity contribution >= 4 is 23.7 Å². The van der Waals surface area contributed by atoms with Crippen molar-refractivity contribution in [2.24, 2.45) is 0 Å². The average Bonchev–Trinajstić information content (AvgIpc) is 3.23. The highest BCUT2D eigenvalue weighted by atomic mass is 16.6. The zero-order valence-corrected chi connectivity index (χ0v) is 21.1. The van der Waals surface area contributed by atoms with Crippen molar-refractivity contribution in [3.05, 3.63) is 36.8 Å². The molecule has 1 saturated heterocycles. The molecule has 1 aliphatic rings. The lowest BCUT2D eigenvalue weighted by atomic mass is 10.1. The number of nitrogens with one attached hydrogen (secondary N) is 1. The molecule has 0 atom stereocenters. The van der Waals surface area contributed by atoms with Crippen LogP contribution in [0.2, 0.25) is 0 Å². The van der Waals surface area contributed by atoms with Crippen LogP contribution in [0.5, 0.6) is 5.88 Å². The normalized spacial score (nSPS) is 13.8. The number of likely N-dealkylation sites (N-methyl/N-ethyl adjacent to an activating group) is 1. The van der Waals surface area contributed by atoms with Crippen LogP contribution in [0.3, 0.4) is 0 Å². The van der Waals surface area contributed by atoms with E-state index in [9.17, 15) is 9.59 Å². The lowest BCUT2D eigenvalue weighted by molar-refractivity contribution is 0.0164. The molecule has 0 radical (unpaired) electrons. The van der Waals surface area contributed by atoms with Gasteiger partial charge in [0.05, 0.1) is 32.0 Å². The van der Waals surface area contributed by atoms with Crippen molar-refractivity contribution in [1.82, 2.24) is 29.4 Å². The topological polar surface area (TPSA) is 123 Å². The fourth-order valence-corrected chi connectivity index (χ4v) is 3.58. The lowest BCUT2D eigenvalue weighted by Crippen LogP contribution is -2.56. The summed E-state index contributed by atoms with van der Waals surface area (Å²) in [4.78, 5) is 35.9. The Balaban J connectivity index is 1.44. The molecular weight excluding hydrogens is 466 g/mol. The molecule has 0 bridgehead atoms. The minimum absolute atomic E-state index is 0.174. The summed E-state index contributed by atoms with van der Waals surface area (Å²) in [5, 5.41) is 7.65. The Hall–Kier alpha value is -4.09. The fraction of sp³-hybridized carbons (Fsp3) is 0.458. The number of nitrogens with zero attached hydrogens (tertiary/aromatic N) is 6. The second-order valence-electron chi connectivity index (χ2n) is 9.44. The first-order valence-electron chi connectivity index (χ1n) is 11.6. The number of amides is 2. The van der Waals surface area contributed by atoms with E-state index < -0.39 is 5.60 Å². The first kappa shape index (κ1) is 25.0. The minimum atomic E-state index is -0.544. The van der Waals surface area contributed by atoms with Crippen LogP contribution < -0.4 is 10.1 Å². The Bertz CT molecular complexity index is 1230. The quantitative estimate of drug-likeness (QED) is 0.525. The van der Waals surface area contributed by atoms with E-state index in [2.05, 4.69) is 15.4 Å². The van der Waals surface area contributed by atoms with Gasteiger partial charge in [-0.05, 0) is 39.0 Å². The van der Waals surface area contributed by atoms with Crippen molar-refractivity contribution in [3.8, 4) is 17.0 Å². The van der Waals surface area contributed by atoms with Crippen molar-refractivity contribution < 1.29 is 23.8 Å². The summed E-state index contributed by atoms with van der Waals surface area (Å²) in [7, 11) is 3.05. The van der Waals surface area contributed by atoms with Crippen molar-refractivity contribution in [2.45, 2.75) is 32.5 Å². The maximum atomic E-state index is 12.1. The summed E-state index contributed by atoms with van der Waals surface area (Å²) >= 11 is 0. The highest BCUT2D eigenvalue weighted by molar-refractivity contribution is 5.80. The molecule has 0 unspecified atom stereocenters. The van der Waals surface area contributed by atoms with Crippen LogP contribution in [-0.4, -0.2) is 93.6 Å². The van der Waals surface area contributed by atoms with Crippen LogP contribution in [0.4, 0.5) is 15.4 Å². The number of fused-ring (bicyclic) bond motifs is 1. The van der Waals surface area contributed by atoms with Crippen LogP contribution in [0.1, 0.15) is 20.8 Å². The summed E-state index contributed by atoms with van der Waals surface area (Å²) in [6, 6.07) is 5.53. The van der Waals surface area contributed by atoms with E-state index in [1.165, 1.54) is 12.0 Å². The van der Waals surface area contributed by atoms with E-state index in [4.69, 9.17) is 19.2 Å². The number of anilines is 1. The monoisotopic (exact) mass is 497 g/mol. The van der Waals surface area contributed by atoms with E-state index in [0.717, 1.165) is 11.1 Å². The number of rotatable bonds is 7. The molecule has 0 aliphatic carbocycles. The Morgan fingerprint density at radius 1 is 1.22 bits per heavy atom. The van der Waals surface area contributed by atoms with Crippen molar-refractivity contribution in [2.75, 3.05) is 45.7 Å². The molecule has 2 amide bonds. The number of carbonyl (C=O) groups is 2. The van der Waals surface area contributed by atoms with Gasteiger partial charge in [-0.15, -0.1) is 0 Å². The molecule has 12 heteroatoms. The van der Waals surface area contributed by atoms with Crippen LogP contribution in [0.15, 0.2) is 36.8 Å². The summed E-state index contributed by atoms with van der Waals surface area (Å²) in [6.45, 7) is 7.30. The van der Waals surface area contributed by atoms with E-state index in [0.29, 0.717) is 43.5 Å². The molecular formula is C24H31N7O5. The zero-order chi connectivity index (χ0) is 25.9.